The number of carbonyl (C=O) groups excluding carboxylic acids is 2. The van der Waals surface area contributed by atoms with Crippen LogP contribution in [0.3, 0.4) is 0 Å². The van der Waals surface area contributed by atoms with Crippen LogP contribution in [0.25, 0.3) is 0 Å². The quantitative estimate of drug-likeness (QED) is 0.607. The maximum atomic E-state index is 11.1. The lowest BCUT2D eigenvalue weighted by atomic mass is 10.2. The number of carbonyl (C=O) groups is 3. The highest BCUT2D eigenvalue weighted by molar-refractivity contribution is 5.84. The monoisotopic (exact) mass is 217 g/mol. The van der Waals surface area contributed by atoms with E-state index in [0.717, 1.165) is 0 Å². The molecular weight excluding hydrogens is 202 g/mol. The first kappa shape index (κ1) is 13.4. The molecule has 0 rings (SSSR count). The standard InChI is InChI=1S/C9H15NO5/c1-6(9(14)15-2)10-7(11)4-3-5-8(12)13/h6H,3-5H2,1-2H3,(H,10,11)(H,12,13). The molecule has 0 saturated heterocycles. The predicted octanol–water partition coefficient (Wildman–Crippen LogP) is -0.0810. The minimum atomic E-state index is -0.941. The minimum absolute atomic E-state index is 0.0555. The molecule has 0 aromatic rings. The highest BCUT2D eigenvalue weighted by Gasteiger charge is 2.15. The summed E-state index contributed by atoms with van der Waals surface area (Å²) in [6.07, 6.45) is 0.294. The lowest BCUT2D eigenvalue weighted by molar-refractivity contribution is -0.144. The topological polar surface area (TPSA) is 92.7 Å². The molecule has 0 aliphatic carbocycles. The number of carboxylic acid groups (broad SMARTS) is 1. The summed E-state index contributed by atoms with van der Waals surface area (Å²) < 4.78 is 4.41. The first-order chi connectivity index (χ1) is 6.97. The molecule has 0 saturated carbocycles. The van der Waals surface area contributed by atoms with E-state index in [2.05, 4.69) is 10.1 Å². The van der Waals surface area contributed by atoms with Crippen molar-refractivity contribution in [2.24, 2.45) is 0 Å². The second-order valence-electron chi connectivity index (χ2n) is 3.06. The van der Waals surface area contributed by atoms with E-state index in [4.69, 9.17) is 5.11 Å². The van der Waals surface area contributed by atoms with Gasteiger partial charge in [-0.15, -0.1) is 0 Å². The number of hydrogen-bond donors (Lipinski definition) is 2. The van der Waals surface area contributed by atoms with Gasteiger partial charge in [0.25, 0.3) is 0 Å². The summed E-state index contributed by atoms with van der Waals surface area (Å²) in [5.74, 6) is -1.82. The second-order valence-corrected chi connectivity index (χ2v) is 3.06. The fourth-order valence-electron chi connectivity index (χ4n) is 0.950. The van der Waals surface area contributed by atoms with Crippen LogP contribution in [0.2, 0.25) is 0 Å². The van der Waals surface area contributed by atoms with E-state index in [0.29, 0.717) is 0 Å². The minimum Gasteiger partial charge on any atom is -0.481 e. The van der Waals surface area contributed by atoms with Gasteiger partial charge in [-0.25, -0.2) is 4.79 Å². The summed E-state index contributed by atoms with van der Waals surface area (Å²) in [6.45, 7) is 1.50. The number of methoxy groups -OCH3 is 1. The molecule has 0 fully saturated rings. The lowest BCUT2D eigenvalue weighted by Gasteiger charge is -2.10. The number of rotatable bonds is 6. The Balaban J connectivity index is 3.74. The molecule has 2 N–H and O–H groups in total. The first-order valence-electron chi connectivity index (χ1n) is 4.56. The average Bonchev–Trinajstić information content (AvgIpc) is 2.15. The molecule has 0 aliphatic rings. The van der Waals surface area contributed by atoms with Crippen LogP contribution >= 0.6 is 0 Å². The largest absolute Gasteiger partial charge is 0.481 e. The van der Waals surface area contributed by atoms with Crippen LogP contribution < -0.4 is 5.32 Å². The number of carboxylic acids is 1. The summed E-state index contributed by atoms with van der Waals surface area (Å²) in [6, 6.07) is -0.702. The molecule has 0 heterocycles. The van der Waals surface area contributed by atoms with Gasteiger partial charge in [-0.3, -0.25) is 9.59 Å². The molecule has 1 amide bonds. The molecule has 6 nitrogen and oxygen atoms in total. The number of ether oxygens (including phenoxy) is 1. The smallest absolute Gasteiger partial charge is 0.328 e. The van der Waals surface area contributed by atoms with Crippen molar-refractivity contribution in [1.29, 1.82) is 0 Å². The fraction of sp³-hybridized carbons (Fsp3) is 0.667. The molecule has 1 atom stereocenters. The van der Waals surface area contributed by atoms with Crippen LogP contribution in [0.15, 0.2) is 0 Å². The molecule has 0 aromatic heterocycles. The predicted molar refractivity (Wildman–Crippen MR) is 51.1 cm³/mol. The van der Waals surface area contributed by atoms with Gasteiger partial charge in [0.1, 0.15) is 6.04 Å². The van der Waals surface area contributed by atoms with Crippen molar-refractivity contribution in [2.75, 3.05) is 7.11 Å². The number of amides is 1. The summed E-state index contributed by atoms with van der Waals surface area (Å²) in [5, 5.41) is 10.7. The Kier molecular flexibility index (Phi) is 6.08. The Morgan fingerprint density at radius 2 is 1.93 bits per heavy atom. The van der Waals surface area contributed by atoms with Crippen LogP contribution in [0.4, 0.5) is 0 Å². The zero-order valence-corrected chi connectivity index (χ0v) is 8.78. The lowest BCUT2D eigenvalue weighted by Crippen LogP contribution is -2.39. The molecule has 6 heteroatoms. The molecule has 0 bridgehead atoms. The van der Waals surface area contributed by atoms with Crippen LogP contribution in [0.5, 0.6) is 0 Å². The Morgan fingerprint density at radius 3 is 2.40 bits per heavy atom. The third kappa shape index (κ3) is 6.48. The van der Waals surface area contributed by atoms with Crippen molar-refractivity contribution < 1.29 is 24.2 Å². The van der Waals surface area contributed by atoms with Gasteiger partial charge in [0.2, 0.25) is 5.91 Å². The van der Waals surface area contributed by atoms with Crippen molar-refractivity contribution >= 4 is 17.8 Å². The molecule has 86 valence electrons. The fourth-order valence-corrected chi connectivity index (χ4v) is 0.950. The number of nitrogens with one attached hydrogen (secondary N) is 1. The summed E-state index contributed by atoms with van der Waals surface area (Å²) >= 11 is 0. The third-order valence-electron chi connectivity index (χ3n) is 1.73. The Labute approximate surface area is 87.6 Å². The number of esters is 1. The van der Waals surface area contributed by atoms with Crippen molar-refractivity contribution in [3.63, 3.8) is 0 Å². The van der Waals surface area contributed by atoms with Crippen LogP contribution in [-0.4, -0.2) is 36.1 Å². The van der Waals surface area contributed by atoms with Crippen LogP contribution in [-0.2, 0) is 19.1 Å². The van der Waals surface area contributed by atoms with E-state index in [1.807, 2.05) is 0 Å². The SMILES string of the molecule is COC(=O)C(C)NC(=O)CCCC(=O)O. The summed E-state index contributed by atoms with van der Waals surface area (Å²) in [4.78, 5) is 32.2. The Hall–Kier alpha value is -1.59. The van der Waals surface area contributed by atoms with Gasteiger partial charge in [-0.1, -0.05) is 0 Å². The molecule has 0 radical (unpaired) electrons. The van der Waals surface area contributed by atoms with Crippen molar-refractivity contribution in [2.45, 2.75) is 32.2 Å². The van der Waals surface area contributed by atoms with Gasteiger partial charge in [0.15, 0.2) is 0 Å². The Bertz CT molecular complexity index is 251. The maximum Gasteiger partial charge on any atom is 0.328 e. The van der Waals surface area contributed by atoms with E-state index >= 15 is 0 Å². The van der Waals surface area contributed by atoms with Gasteiger partial charge in [0.05, 0.1) is 7.11 Å². The number of hydrogen-bond acceptors (Lipinski definition) is 4. The normalized spacial score (nSPS) is 11.6. The van der Waals surface area contributed by atoms with Crippen molar-refractivity contribution in [3.05, 3.63) is 0 Å². The maximum absolute atomic E-state index is 11.1. The highest BCUT2D eigenvalue weighted by Crippen LogP contribution is 1.96. The van der Waals surface area contributed by atoms with E-state index in [1.165, 1.54) is 14.0 Å². The summed E-state index contributed by atoms with van der Waals surface area (Å²) in [7, 11) is 1.23. The van der Waals surface area contributed by atoms with Crippen LogP contribution in [0, 0.1) is 0 Å². The van der Waals surface area contributed by atoms with E-state index in [9.17, 15) is 14.4 Å². The van der Waals surface area contributed by atoms with Gasteiger partial charge in [-0.2, -0.15) is 0 Å². The van der Waals surface area contributed by atoms with Gasteiger partial charge in [-0.05, 0) is 13.3 Å². The molecule has 1 unspecified atom stereocenters. The van der Waals surface area contributed by atoms with Crippen molar-refractivity contribution in [1.82, 2.24) is 5.32 Å². The first-order valence-corrected chi connectivity index (χ1v) is 4.56. The molecule has 15 heavy (non-hydrogen) atoms. The molecule has 0 aromatic carbocycles. The van der Waals surface area contributed by atoms with Gasteiger partial charge < -0.3 is 15.2 Å². The van der Waals surface area contributed by atoms with E-state index in [1.54, 1.807) is 0 Å². The average molecular weight is 217 g/mol. The molecule has 0 aliphatic heterocycles. The summed E-state index contributed by atoms with van der Waals surface area (Å²) in [5.41, 5.74) is 0. The second kappa shape index (κ2) is 6.80. The highest BCUT2D eigenvalue weighted by atomic mass is 16.5. The van der Waals surface area contributed by atoms with E-state index < -0.39 is 18.0 Å². The molecular formula is C9H15NO5. The molecule has 0 spiro atoms. The van der Waals surface area contributed by atoms with Gasteiger partial charge in [0, 0.05) is 12.8 Å². The Morgan fingerprint density at radius 1 is 1.33 bits per heavy atom. The third-order valence-corrected chi connectivity index (χ3v) is 1.73. The van der Waals surface area contributed by atoms with Crippen LogP contribution in [0.1, 0.15) is 26.2 Å². The number of aliphatic carboxylic acids is 1. The zero-order valence-electron chi connectivity index (χ0n) is 8.78. The van der Waals surface area contributed by atoms with Gasteiger partial charge >= 0.3 is 11.9 Å². The van der Waals surface area contributed by atoms with E-state index in [-0.39, 0.29) is 25.2 Å². The zero-order chi connectivity index (χ0) is 11.8. The van der Waals surface area contributed by atoms with Crippen molar-refractivity contribution in [3.8, 4) is 0 Å².